The summed E-state index contributed by atoms with van der Waals surface area (Å²) in [5.74, 6) is 0.436. The smallest absolute Gasteiger partial charge is 0.360 e. The number of nitrogens with one attached hydrogen (secondary N) is 2. The highest BCUT2D eigenvalue weighted by Crippen LogP contribution is 2.36. The van der Waals surface area contributed by atoms with E-state index in [9.17, 15) is 22.8 Å². The molecule has 3 amide bonds. The van der Waals surface area contributed by atoms with Crippen molar-refractivity contribution in [3.63, 3.8) is 0 Å². The SMILES string of the molecule is Cc1cc(NC(=O)N2CCN(CC(=O)Nc3ccc(Cl)c(C(F)(F)F)c3)CC2)no1. The zero-order chi connectivity index (χ0) is 21.9. The number of benzene rings is 1. The van der Waals surface area contributed by atoms with Crippen molar-refractivity contribution < 1.29 is 27.3 Å². The van der Waals surface area contributed by atoms with E-state index in [1.807, 2.05) is 0 Å². The zero-order valence-corrected chi connectivity index (χ0v) is 16.7. The molecule has 2 heterocycles. The number of rotatable bonds is 4. The van der Waals surface area contributed by atoms with Crippen molar-refractivity contribution >= 4 is 35.0 Å². The van der Waals surface area contributed by atoms with E-state index in [1.165, 1.54) is 6.07 Å². The Labute approximate surface area is 174 Å². The molecule has 0 bridgehead atoms. The van der Waals surface area contributed by atoms with Crippen LogP contribution in [0.25, 0.3) is 0 Å². The summed E-state index contributed by atoms with van der Waals surface area (Å²) in [6.45, 7) is 3.34. The number of aryl methyl sites for hydroxylation is 1. The molecule has 0 aliphatic carbocycles. The summed E-state index contributed by atoms with van der Waals surface area (Å²) in [6.07, 6.45) is -4.61. The number of piperazine rings is 1. The first kappa shape index (κ1) is 21.9. The van der Waals surface area contributed by atoms with Gasteiger partial charge in [0.25, 0.3) is 0 Å². The van der Waals surface area contributed by atoms with Crippen LogP contribution in [0.5, 0.6) is 0 Å². The number of carbonyl (C=O) groups is 2. The van der Waals surface area contributed by atoms with Gasteiger partial charge in [-0.1, -0.05) is 16.8 Å². The molecule has 1 fully saturated rings. The maximum absolute atomic E-state index is 12.9. The first-order valence-corrected chi connectivity index (χ1v) is 9.38. The van der Waals surface area contributed by atoms with Crippen LogP contribution < -0.4 is 10.6 Å². The lowest BCUT2D eigenvalue weighted by Gasteiger charge is -2.34. The number of halogens is 4. The number of aromatic nitrogens is 1. The van der Waals surface area contributed by atoms with Crippen LogP contribution >= 0.6 is 11.6 Å². The molecular weight excluding hydrogens is 427 g/mol. The van der Waals surface area contributed by atoms with Gasteiger partial charge in [-0.05, 0) is 25.1 Å². The topological polar surface area (TPSA) is 90.7 Å². The van der Waals surface area contributed by atoms with Gasteiger partial charge in [0.2, 0.25) is 5.91 Å². The molecule has 1 aliphatic heterocycles. The Balaban J connectivity index is 1.48. The van der Waals surface area contributed by atoms with Crippen molar-refractivity contribution in [2.45, 2.75) is 13.1 Å². The highest BCUT2D eigenvalue weighted by molar-refractivity contribution is 6.31. The molecule has 162 valence electrons. The monoisotopic (exact) mass is 445 g/mol. The molecule has 2 N–H and O–H groups in total. The van der Waals surface area contributed by atoms with Crippen LogP contribution in [0, 0.1) is 6.92 Å². The number of alkyl halides is 3. The van der Waals surface area contributed by atoms with E-state index in [0.717, 1.165) is 12.1 Å². The van der Waals surface area contributed by atoms with Crippen LogP contribution in [-0.2, 0) is 11.0 Å². The highest BCUT2D eigenvalue weighted by atomic mass is 35.5. The van der Waals surface area contributed by atoms with Gasteiger partial charge in [-0.15, -0.1) is 0 Å². The van der Waals surface area contributed by atoms with Gasteiger partial charge in [0, 0.05) is 37.9 Å². The number of urea groups is 1. The van der Waals surface area contributed by atoms with Gasteiger partial charge in [0.1, 0.15) is 5.76 Å². The average molecular weight is 446 g/mol. The number of hydrogen-bond donors (Lipinski definition) is 2. The van der Waals surface area contributed by atoms with Gasteiger partial charge < -0.3 is 14.7 Å². The molecule has 8 nitrogen and oxygen atoms in total. The van der Waals surface area contributed by atoms with Gasteiger partial charge in [-0.25, -0.2) is 4.79 Å². The Hall–Kier alpha value is -2.79. The van der Waals surface area contributed by atoms with E-state index in [4.69, 9.17) is 16.1 Å². The van der Waals surface area contributed by atoms with Crippen LogP contribution in [0.4, 0.5) is 29.5 Å². The Morgan fingerprint density at radius 3 is 2.47 bits per heavy atom. The van der Waals surface area contributed by atoms with Crippen LogP contribution in [0.2, 0.25) is 5.02 Å². The van der Waals surface area contributed by atoms with Crippen LogP contribution in [0.1, 0.15) is 11.3 Å². The summed E-state index contributed by atoms with van der Waals surface area (Å²) in [6, 6.07) is 4.47. The zero-order valence-electron chi connectivity index (χ0n) is 15.9. The molecule has 1 aromatic heterocycles. The summed E-state index contributed by atoms with van der Waals surface area (Å²) >= 11 is 5.58. The van der Waals surface area contributed by atoms with E-state index >= 15 is 0 Å². The summed E-state index contributed by atoms with van der Waals surface area (Å²) in [7, 11) is 0. The Morgan fingerprint density at radius 2 is 1.87 bits per heavy atom. The number of hydrogen-bond acceptors (Lipinski definition) is 5. The first-order valence-electron chi connectivity index (χ1n) is 9.00. The maximum atomic E-state index is 12.9. The van der Waals surface area contributed by atoms with Crippen molar-refractivity contribution in [2.75, 3.05) is 43.4 Å². The molecule has 2 aromatic rings. The molecule has 0 spiro atoms. The summed E-state index contributed by atoms with van der Waals surface area (Å²) < 4.78 is 43.7. The number of amides is 3. The molecule has 0 radical (unpaired) electrons. The van der Waals surface area contributed by atoms with Crippen LogP contribution in [-0.4, -0.2) is 59.6 Å². The van der Waals surface area contributed by atoms with Gasteiger partial charge >= 0.3 is 12.2 Å². The van der Waals surface area contributed by atoms with Crippen molar-refractivity contribution in [2.24, 2.45) is 0 Å². The third kappa shape index (κ3) is 5.63. The lowest BCUT2D eigenvalue weighted by Crippen LogP contribution is -2.51. The van der Waals surface area contributed by atoms with Gasteiger partial charge in [-0.2, -0.15) is 13.2 Å². The van der Waals surface area contributed by atoms with E-state index in [1.54, 1.807) is 22.8 Å². The minimum atomic E-state index is -4.61. The number of anilines is 2. The molecular formula is C18H19ClF3N5O3. The number of nitrogens with zero attached hydrogens (tertiary/aromatic N) is 3. The van der Waals surface area contributed by atoms with Crippen LogP contribution in [0.15, 0.2) is 28.8 Å². The van der Waals surface area contributed by atoms with Gasteiger partial charge in [0.15, 0.2) is 5.82 Å². The third-order valence-electron chi connectivity index (χ3n) is 4.45. The molecule has 12 heteroatoms. The Morgan fingerprint density at radius 1 is 1.17 bits per heavy atom. The van der Waals surface area contributed by atoms with Crippen molar-refractivity contribution in [1.82, 2.24) is 15.0 Å². The van der Waals surface area contributed by atoms with E-state index in [-0.39, 0.29) is 18.3 Å². The predicted molar refractivity (Wildman–Crippen MR) is 103 cm³/mol. The minimum absolute atomic E-state index is 0.0117. The second-order valence-electron chi connectivity index (χ2n) is 6.76. The van der Waals surface area contributed by atoms with Gasteiger partial charge in [-0.3, -0.25) is 15.0 Å². The molecule has 1 saturated heterocycles. The van der Waals surface area contributed by atoms with Crippen molar-refractivity contribution in [1.29, 1.82) is 0 Å². The summed E-state index contributed by atoms with van der Waals surface area (Å²) in [5.41, 5.74) is -0.999. The number of carbonyl (C=O) groups excluding carboxylic acids is 2. The van der Waals surface area contributed by atoms with E-state index < -0.39 is 22.7 Å². The second kappa shape index (κ2) is 8.92. The molecule has 0 saturated carbocycles. The average Bonchev–Trinajstić information content (AvgIpc) is 3.07. The second-order valence-corrected chi connectivity index (χ2v) is 7.16. The van der Waals surface area contributed by atoms with Crippen molar-refractivity contribution in [3.05, 3.63) is 40.6 Å². The molecule has 0 atom stereocenters. The standard InChI is InChI=1S/C18H19ClF3N5O3/c1-11-8-15(25-30-11)24-17(29)27-6-4-26(5-7-27)10-16(28)23-12-2-3-14(19)13(9-12)18(20,21)22/h2-3,8-9H,4-7,10H2,1H3,(H,23,28)(H,24,25,29). The molecule has 30 heavy (non-hydrogen) atoms. The quantitative estimate of drug-likeness (QED) is 0.752. The van der Waals surface area contributed by atoms with E-state index in [2.05, 4.69) is 15.8 Å². The Kier molecular flexibility index (Phi) is 6.52. The predicted octanol–water partition coefficient (Wildman–Crippen LogP) is 3.44. The minimum Gasteiger partial charge on any atom is -0.360 e. The normalized spacial score (nSPS) is 15.2. The van der Waals surface area contributed by atoms with Crippen molar-refractivity contribution in [3.8, 4) is 0 Å². The molecule has 3 rings (SSSR count). The van der Waals surface area contributed by atoms with Gasteiger partial charge in [0.05, 0.1) is 17.1 Å². The molecule has 0 unspecified atom stereocenters. The maximum Gasteiger partial charge on any atom is 0.417 e. The Bertz CT molecular complexity index is 926. The van der Waals surface area contributed by atoms with E-state index in [0.29, 0.717) is 37.8 Å². The summed E-state index contributed by atoms with van der Waals surface area (Å²) in [4.78, 5) is 27.8. The molecule has 1 aromatic carbocycles. The van der Waals surface area contributed by atoms with Crippen LogP contribution in [0.3, 0.4) is 0 Å². The highest BCUT2D eigenvalue weighted by Gasteiger charge is 2.33. The largest absolute Gasteiger partial charge is 0.417 e. The fourth-order valence-corrected chi connectivity index (χ4v) is 3.17. The lowest BCUT2D eigenvalue weighted by atomic mass is 10.2. The first-order chi connectivity index (χ1) is 14.1. The fraction of sp³-hybridized carbons (Fsp3) is 0.389. The summed E-state index contributed by atoms with van der Waals surface area (Å²) in [5, 5.41) is 8.33. The fourth-order valence-electron chi connectivity index (χ4n) is 2.95. The lowest BCUT2D eigenvalue weighted by molar-refractivity contribution is -0.137. The molecule has 1 aliphatic rings. The third-order valence-corrected chi connectivity index (χ3v) is 4.77.